The smallest absolute Gasteiger partial charge is 0.326 e. The van der Waals surface area contributed by atoms with Crippen LogP contribution in [0.3, 0.4) is 0 Å². The maximum atomic E-state index is 13.9. The molecule has 2 aliphatic carbocycles. The van der Waals surface area contributed by atoms with Crippen LogP contribution in [0.1, 0.15) is 83.3 Å². The summed E-state index contributed by atoms with van der Waals surface area (Å²) in [5.74, 6) is 1.10. The Hall–Kier alpha value is -3.94. The van der Waals surface area contributed by atoms with Crippen molar-refractivity contribution in [3.8, 4) is 17.0 Å². The second-order valence-electron chi connectivity index (χ2n) is 14.0. The molecule has 43 heavy (non-hydrogen) atoms. The number of aliphatic carboxylic acids is 1. The van der Waals surface area contributed by atoms with Crippen molar-refractivity contribution < 1.29 is 29.0 Å². The molecule has 1 saturated heterocycles. The lowest BCUT2D eigenvalue weighted by molar-refractivity contribution is -0.138. The predicted octanol–water partition coefficient (Wildman–Crippen LogP) is 6.52. The molecule has 0 amide bonds. The summed E-state index contributed by atoms with van der Waals surface area (Å²) in [5, 5.41) is 9.75. The topological polar surface area (TPSA) is 106 Å². The number of Topliss-reactive ketones (excluding diaryl/α,β-unsaturated/α-hetero) is 2. The van der Waals surface area contributed by atoms with Gasteiger partial charge in [0.15, 0.2) is 11.6 Å². The van der Waals surface area contributed by atoms with E-state index in [2.05, 4.69) is 27.7 Å². The molecular weight excluding hydrogens is 544 g/mol. The van der Waals surface area contributed by atoms with Crippen molar-refractivity contribution >= 4 is 23.4 Å². The van der Waals surface area contributed by atoms with Gasteiger partial charge in [-0.1, -0.05) is 33.8 Å². The molecule has 0 saturated carbocycles. The van der Waals surface area contributed by atoms with E-state index in [1.54, 1.807) is 7.11 Å². The first-order chi connectivity index (χ1) is 20.3. The summed E-state index contributed by atoms with van der Waals surface area (Å²) < 4.78 is 12.4. The van der Waals surface area contributed by atoms with Crippen molar-refractivity contribution in [3.63, 3.8) is 0 Å². The van der Waals surface area contributed by atoms with Gasteiger partial charge in [0.2, 0.25) is 0 Å². The SMILES string of the molecule is COc1ccc(-c2cccc(N3CCC[C@H]3C(=O)O)n2)c(C)c1C1C2=C(CC(C)(C)CC2=O)OC2=C1C(=O)CC(C)(C)C2. The number of ether oxygens (including phenoxy) is 2. The lowest BCUT2D eigenvalue weighted by Crippen LogP contribution is -2.38. The van der Waals surface area contributed by atoms with E-state index >= 15 is 0 Å². The molecule has 8 heteroatoms. The summed E-state index contributed by atoms with van der Waals surface area (Å²) in [7, 11) is 1.61. The van der Waals surface area contributed by atoms with Crippen LogP contribution in [0, 0.1) is 17.8 Å². The second kappa shape index (κ2) is 10.4. The number of carbonyl (C=O) groups excluding carboxylic acids is 2. The summed E-state index contributed by atoms with van der Waals surface area (Å²) in [6.45, 7) is 10.9. The molecule has 1 aromatic carbocycles. The van der Waals surface area contributed by atoms with Crippen molar-refractivity contribution in [1.82, 2.24) is 4.98 Å². The van der Waals surface area contributed by atoms with Crippen LogP contribution in [-0.4, -0.2) is 47.3 Å². The third kappa shape index (κ3) is 5.04. The van der Waals surface area contributed by atoms with Gasteiger partial charge in [-0.2, -0.15) is 0 Å². The Kier molecular flexibility index (Phi) is 7.02. The highest BCUT2D eigenvalue weighted by molar-refractivity contribution is 6.06. The number of anilines is 1. The number of methoxy groups -OCH3 is 1. The Morgan fingerprint density at radius 1 is 0.977 bits per heavy atom. The first-order valence-electron chi connectivity index (χ1n) is 15.1. The summed E-state index contributed by atoms with van der Waals surface area (Å²) >= 11 is 0. The zero-order chi connectivity index (χ0) is 30.8. The van der Waals surface area contributed by atoms with Crippen molar-refractivity contribution in [2.75, 3.05) is 18.6 Å². The Labute approximate surface area is 252 Å². The van der Waals surface area contributed by atoms with Crippen LogP contribution >= 0.6 is 0 Å². The van der Waals surface area contributed by atoms with Gasteiger partial charge in [0.1, 0.15) is 29.1 Å². The van der Waals surface area contributed by atoms with Crippen LogP contribution < -0.4 is 9.64 Å². The van der Waals surface area contributed by atoms with E-state index in [9.17, 15) is 19.5 Å². The summed E-state index contributed by atoms with van der Waals surface area (Å²) in [6.07, 6.45) is 3.35. The monoisotopic (exact) mass is 584 g/mol. The Bertz CT molecular complexity index is 1560. The number of hydrogen-bond donors (Lipinski definition) is 1. The third-order valence-electron chi connectivity index (χ3n) is 9.41. The third-order valence-corrected chi connectivity index (χ3v) is 9.41. The molecule has 0 unspecified atom stereocenters. The first-order valence-corrected chi connectivity index (χ1v) is 15.1. The van der Waals surface area contributed by atoms with Crippen LogP contribution in [0.5, 0.6) is 5.75 Å². The van der Waals surface area contributed by atoms with E-state index in [4.69, 9.17) is 14.5 Å². The van der Waals surface area contributed by atoms with E-state index < -0.39 is 17.9 Å². The van der Waals surface area contributed by atoms with Crippen LogP contribution in [0.2, 0.25) is 0 Å². The highest BCUT2D eigenvalue weighted by atomic mass is 16.5. The van der Waals surface area contributed by atoms with Gasteiger partial charge in [-0.15, -0.1) is 0 Å². The van der Waals surface area contributed by atoms with Gasteiger partial charge >= 0.3 is 5.97 Å². The summed E-state index contributed by atoms with van der Waals surface area (Å²) in [6, 6.07) is 8.89. The lowest BCUT2D eigenvalue weighted by Gasteiger charge is -2.43. The van der Waals surface area contributed by atoms with Gasteiger partial charge in [0.25, 0.3) is 0 Å². The van der Waals surface area contributed by atoms with Crippen LogP contribution in [-0.2, 0) is 19.1 Å². The number of hydrogen-bond acceptors (Lipinski definition) is 7. The minimum atomic E-state index is -0.846. The average molecular weight is 585 g/mol. The fourth-order valence-electron chi connectivity index (χ4n) is 7.51. The van der Waals surface area contributed by atoms with E-state index in [0.717, 1.165) is 23.1 Å². The normalized spacial score (nSPS) is 23.2. The van der Waals surface area contributed by atoms with Gasteiger partial charge in [0, 0.05) is 54.5 Å². The molecule has 4 aliphatic rings. The molecule has 0 bridgehead atoms. The molecule has 3 heterocycles. The lowest BCUT2D eigenvalue weighted by atomic mass is 9.65. The van der Waals surface area contributed by atoms with Crippen LogP contribution in [0.15, 0.2) is 53.0 Å². The quantitative estimate of drug-likeness (QED) is 0.424. The number of benzene rings is 1. The molecule has 1 N–H and O–H groups in total. The molecule has 2 aromatic rings. The zero-order valence-corrected chi connectivity index (χ0v) is 25.9. The summed E-state index contributed by atoms with van der Waals surface area (Å²) in [5.41, 5.74) is 3.80. The maximum Gasteiger partial charge on any atom is 0.326 e. The second-order valence-corrected chi connectivity index (χ2v) is 14.0. The Morgan fingerprint density at radius 2 is 1.60 bits per heavy atom. The van der Waals surface area contributed by atoms with Gasteiger partial charge in [-0.3, -0.25) is 9.59 Å². The highest BCUT2D eigenvalue weighted by Crippen LogP contribution is 2.55. The number of nitrogens with zero attached hydrogens (tertiary/aromatic N) is 2. The number of carboxylic acid groups (broad SMARTS) is 1. The number of carbonyl (C=O) groups is 3. The minimum absolute atomic E-state index is 0.00107. The zero-order valence-electron chi connectivity index (χ0n) is 25.9. The first kappa shape index (κ1) is 29.1. The molecule has 2 aliphatic heterocycles. The Morgan fingerprint density at radius 3 is 2.19 bits per heavy atom. The number of allylic oxidation sites excluding steroid dienone is 4. The van der Waals surface area contributed by atoms with Crippen molar-refractivity contribution in [2.24, 2.45) is 10.8 Å². The molecule has 1 aromatic heterocycles. The molecule has 226 valence electrons. The summed E-state index contributed by atoms with van der Waals surface area (Å²) in [4.78, 5) is 46.5. The molecule has 0 spiro atoms. The standard InChI is InChI=1S/C35H40N2O6/c1-19-20(21-9-7-11-28(36-21)37-14-8-10-22(37)33(40)41)12-13-25(42-6)29(19)32-30-23(38)15-34(2,3)17-26(30)43-27-18-35(4,5)16-24(39)31(27)32/h7,9,11-13,22,32H,8,10,14-18H2,1-6H3,(H,40,41)/t22-/m0/s1. The number of ketones is 2. The molecule has 0 radical (unpaired) electrons. The number of pyridine rings is 1. The average Bonchev–Trinajstić information content (AvgIpc) is 3.41. The van der Waals surface area contributed by atoms with Gasteiger partial charge < -0.3 is 19.5 Å². The van der Waals surface area contributed by atoms with Crippen molar-refractivity contribution in [3.05, 3.63) is 64.1 Å². The van der Waals surface area contributed by atoms with E-state index in [1.165, 1.54) is 0 Å². The number of carboxylic acids is 1. The van der Waals surface area contributed by atoms with E-state index in [0.29, 0.717) is 78.6 Å². The molecule has 8 nitrogen and oxygen atoms in total. The molecular formula is C35H40N2O6. The van der Waals surface area contributed by atoms with Crippen LogP contribution in [0.4, 0.5) is 5.82 Å². The van der Waals surface area contributed by atoms with Crippen molar-refractivity contribution in [1.29, 1.82) is 0 Å². The fourth-order valence-corrected chi connectivity index (χ4v) is 7.51. The Balaban J connectivity index is 1.54. The largest absolute Gasteiger partial charge is 0.496 e. The minimum Gasteiger partial charge on any atom is -0.496 e. The van der Waals surface area contributed by atoms with Gasteiger partial charge in [-0.05, 0) is 60.4 Å². The maximum absolute atomic E-state index is 13.9. The van der Waals surface area contributed by atoms with Crippen LogP contribution in [0.25, 0.3) is 11.3 Å². The van der Waals surface area contributed by atoms with Gasteiger partial charge in [0.05, 0.1) is 18.7 Å². The number of aromatic nitrogens is 1. The highest BCUT2D eigenvalue weighted by Gasteiger charge is 2.49. The van der Waals surface area contributed by atoms with E-state index in [1.807, 2.05) is 42.2 Å². The van der Waals surface area contributed by atoms with Crippen molar-refractivity contribution in [2.45, 2.75) is 85.1 Å². The molecule has 6 rings (SSSR count). The van der Waals surface area contributed by atoms with E-state index in [-0.39, 0.29) is 22.4 Å². The fraction of sp³-hybridized carbons (Fsp3) is 0.486. The number of rotatable bonds is 5. The van der Waals surface area contributed by atoms with Gasteiger partial charge in [-0.25, -0.2) is 9.78 Å². The molecule has 1 atom stereocenters. The molecule has 1 fully saturated rings. The predicted molar refractivity (Wildman–Crippen MR) is 163 cm³/mol.